The number of H-pyrrole nitrogens is 1. The van der Waals surface area contributed by atoms with Gasteiger partial charge < -0.3 is 15.0 Å². The first-order valence-corrected chi connectivity index (χ1v) is 8.26. The monoisotopic (exact) mass is 337 g/mol. The van der Waals surface area contributed by atoms with Gasteiger partial charge in [0, 0.05) is 31.5 Å². The van der Waals surface area contributed by atoms with Gasteiger partial charge in [0.1, 0.15) is 6.04 Å². The minimum absolute atomic E-state index is 0. The van der Waals surface area contributed by atoms with Gasteiger partial charge in [0.05, 0.1) is 6.61 Å². The van der Waals surface area contributed by atoms with Crippen LogP contribution in [0.5, 0.6) is 0 Å². The van der Waals surface area contributed by atoms with Crippen LogP contribution in [0.3, 0.4) is 0 Å². The zero-order valence-electron chi connectivity index (χ0n) is 12.8. The van der Waals surface area contributed by atoms with E-state index in [9.17, 15) is 9.59 Å². The van der Waals surface area contributed by atoms with Crippen molar-refractivity contribution in [2.75, 3.05) is 20.3 Å². The Kier molecular flexibility index (Phi) is 2.47. The van der Waals surface area contributed by atoms with Crippen molar-refractivity contribution in [1.82, 2.24) is 14.9 Å². The molecule has 6 nitrogen and oxygen atoms in total. The van der Waals surface area contributed by atoms with Crippen LogP contribution in [0, 0.1) is 46.8 Å². The van der Waals surface area contributed by atoms with Crippen molar-refractivity contribution >= 4 is 18.3 Å². The Labute approximate surface area is 139 Å². The van der Waals surface area contributed by atoms with Gasteiger partial charge in [-0.25, -0.2) is 4.79 Å². The molecule has 7 heteroatoms. The van der Waals surface area contributed by atoms with E-state index in [0.717, 1.165) is 41.4 Å². The van der Waals surface area contributed by atoms with E-state index in [-0.39, 0.29) is 35.5 Å². The first-order chi connectivity index (χ1) is 10.7. The highest BCUT2D eigenvalue weighted by Gasteiger charge is 3.05. The number of amides is 1. The number of halogens is 1. The standard InChI is InChI=1S/C16H19N3O3.ClH/c1-22-5-3-17-14(20)13(19-4-2-18-15(19)21)16-10-7-6-8(10)12(16)9(6)11(7)16;/h2,4,6-13H,3,5H2,1H3,(H,17,20)(H,18,21);1H. The Morgan fingerprint density at radius 3 is 2.52 bits per heavy atom. The third-order valence-electron chi connectivity index (χ3n) is 7.84. The molecule has 0 aromatic carbocycles. The van der Waals surface area contributed by atoms with E-state index in [1.165, 1.54) is 0 Å². The summed E-state index contributed by atoms with van der Waals surface area (Å²) < 4.78 is 6.66. The van der Waals surface area contributed by atoms with E-state index in [4.69, 9.17) is 4.74 Å². The number of nitrogens with one attached hydrogen (secondary N) is 2. The number of aromatic amines is 1. The van der Waals surface area contributed by atoms with Gasteiger partial charge in [-0.1, -0.05) is 0 Å². The van der Waals surface area contributed by atoms with E-state index >= 15 is 0 Å². The average molecular weight is 338 g/mol. The van der Waals surface area contributed by atoms with E-state index < -0.39 is 0 Å². The van der Waals surface area contributed by atoms with E-state index in [2.05, 4.69) is 10.3 Å². The number of carbonyl (C=O) groups is 1. The van der Waals surface area contributed by atoms with Crippen LogP contribution < -0.4 is 11.0 Å². The molecule has 6 fully saturated rings. The van der Waals surface area contributed by atoms with E-state index in [1.54, 1.807) is 24.1 Å². The highest BCUT2D eigenvalue weighted by atomic mass is 35.5. The maximum atomic E-state index is 12.8. The van der Waals surface area contributed by atoms with Crippen molar-refractivity contribution in [3.05, 3.63) is 22.9 Å². The predicted octanol–water partition coefficient (Wildman–Crippen LogP) is 0.270. The van der Waals surface area contributed by atoms with Crippen molar-refractivity contribution in [2.45, 2.75) is 6.04 Å². The number of aromatic nitrogens is 2. The van der Waals surface area contributed by atoms with E-state index in [1.807, 2.05) is 0 Å². The molecule has 1 unspecified atom stereocenters. The third kappa shape index (κ3) is 1.09. The van der Waals surface area contributed by atoms with Gasteiger partial charge >= 0.3 is 5.69 Å². The lowest BCUT2D eigenvalue weighted by atomic mass is 8.96. The van der Waals surface area contributed by atoms with Crippen LogP contribution >= 0.6 is 12.4 Å². The number of hydrogen-bond donors (Lipinski definition) is 2. The molecule has 1 heterocycles. The smallest absolute Gasteiger partial charge is 0.326 e. The molecule has 6 aliphatic rings. The molecule has 6 aliphatic carbocycles. The fourth-order valence-electron chi connectivity index (χ4n) is 7.57. The fraction of sp³-hybridized carbons (Fsp3) is 0.750. The highest BCUT2D eigenvalue weighted by Crippen LogP contribution is 3.07. The van der Waals surface area contributed by atoms with Crippen molar-refractivity contribution in [2.24, 2.45) is 46.8 Å². The molecule has 7 rings (SSSR count). The largest absolute Gasteiger partial charge is 0.383 e. The molecule has 6 saturated carbocycles. The molecule has 124 valence electrons. The Morgan fingerprint density at radius 2 is 2.00 bits per heavy atom. The first-order valence-electron chi connectivity index (χ1n) is 8.26. The molecular formula is C16H20ClN3O3. The Balaban J connectivity index is 0.00000121. The predicted molar refractivity (Wildman–Crippen MR) is 83.1 cm³/mol. The lowest BCUT2D eigenvalue weighted by molar-refractivity contribution is -0.620. The Bertz CT molecular complexity index is 705. The number of imidazole rings is 1. The van der Waals surface area contributed by atoms with Crippen molar-refractivity contribution < 1.29 is 9.53 Å². The summed E-state index contributed by atoms with van der Waals surface area (Å²) in [6, 6.07) is -0.326. The quantitative estimate of drug-likeness (QED) is 0.732. The summed E-state index contributed by atoms with van der Waals surface area (Å²) in [7, 11) is 1.62. The zero-order chi connectivity index (χ0) is 14.8. The molecule has 1 aromatic rings. The minimum atomic E-state index is -0.326. The molecule has 1 aromatic heterocycles. The molecule has 1 amide bonds. The van der Waals surface area contributed by atoms with Gasteiger partial charge in [-0.2, -0.15) is 0 Å². The van der Waals surface area contributed by atoms with E-state index in [0.29, 0.717) is 13.2 Å². The van der Waals surface area contributed by atoms with Crippen molar-refractivity contribution in [3.8, 4) is 0 Å². The SMILES string of the molecule is COCCNC(=O)C(n1cc[nH]c1=O)C12C3C4C5C3C1C5C42.Cl. The molecule has 0 radical (unpaired) electrons. The first kappa shape index (κ1) is 14.1. The summed E-state index contributed by atoms with van der Waals surface area (Å²) in [4.78, 5) is 27.7. The van der Waals surface area contributed by atoms with Crippen LogP contribution in [0.4, 0.5) is 0 Å². The summed E-state index contributed by atoms with van der Waals surface area (Å²) in [5, 5.41) is 2.97. The second-order valence-corrected chi connectivity index (χ2v) is 7.75. The number of methoxy groups -OCH3 is 1. The van der Waals surface area contributed by atoms with Gasteiger partial charge in [-0.3, -0.25) is 9.36 Å². The second-order valence-electron chi connectivity index (χ2n) is 7.75. The highest BCUT2D eigenvalue weighted by molar-refractivity contribution is 5.85. The summed E-state index contributed by atoms with van der Waals surface area (Å²) >= 11 is 0. The molecule has 2 N–H and O–H groups in total. The number of hydrogen-bond acceptors (Lipinski definition) is 3. The summed E-state index contributed by atoms with van der Waals surface area (Å²) in [6.07, 6.45) is 3.38. The van der Waals surface area contributed by atoms with Gasteiger partial charge in [0.2, 0.25) is 5.91 Å². The number of rotatable bonds is 6. The van der Waals surface area contributed by atoms with Crippen LogP contribution in [0.1, 0.15) is 6.04 Å². The van der Waals surface area contributed by atoms with Crippen LogP contribution in [-0.2, 0) is 9.53 Å². The molecule has 0 bridgehead atoms. The number of nitrogens with zero attached hydrogens (tertiary/aromatic N) is 1. The maximum absolute atomic E-state index is 12.8. The Morgan fingerprint density at radius 1 is 1.35 bits per heavy atom. The zero-order valence-corrected chi connectivity index (χ0v) is 13.6. The summed E-state index contributed by atoms with van der Waals surface area (Å²) in [5.41, 5.74) is -0.0571. The van der Waals surface area contributed by atoms with Gasteiger partial charge in [0.25, 0.3) is 0 Å². The molecule has 0 aliphatic heterocycles. The normalized spacial score (nSPS) is 49.2. The second kappa shape index (κ2) is 4.03. The van der Waals surface area contributed by atoms with Crippen LogP contribution in [0.15, 0.2) is 17.2 Å². The summed E-state index contributed by atoms with van der Waals surface area (Å²) in [6.45, 7) is 1.000. The lowest BCUT2D eigenvalue weighted by Gasteiger charge is -3.08. The molecule has 1 atom stereocenters. The summed E-state index contributed by atoms with van der Waals surface area (Å²) in [5.74, 6) is 5.83. The van der Waals surface area contributed by atoms with Crippen LogP contribution in [0.2, 0.25) is 0 Å². The fourth-order valence-corrected chi connectivity index (χ4v) is 7.57. The van der Waals surface area contributed by atoms with Gasteiger partial charge in [0.15, 0.2) is 0 Å². The minimum Gasteiger partial charge on any atom is -0.383 e. The molecule has 0 spiro atoms. The maximum Gasteiger partial charge on any atom is 0.326 e. The topological polar surface area (TPSA) is 76.1 Å². The van der Waals surface area contributed by atoms with Gasteiger partial charge in [-0.15, -0.1) is 12.4 Å². The molecule has 23 heavy (non-hydrogen) atoms. The van der Waals surface area contributed by atoms with Crippen LogP contribution in [0.25, 0.3) is 0 Å². The number of carbonyl (C=O) groups excluding carboxylic acids is 1. The van der Waals surface area contributed by atoms with Crippen molar-refractivity contribution in [1.29, 1.82) is 0 Å². The van der Waals surface area contributed by atoms with Crippen molar-refractivity contribution in [3.63, 3.8) is 0 Å². The molecule has 0 saturated heterocycles. The average Bonchev–Trinajstić information content (AvgIpc) is 2.94. The van der Waals surface area contributed by atoms with Gasteiger partial charge in [-0.05, 0) is 41.4 Å². The number of ether oxygens (including phenoxy) is 1. The lowest BCUT2D eigenvalue weighted by Crippen LogP contribution is -3.06. The molecular weight excluding hydrogens is 318 g/mol. The third-order valence-corrected chi connectivity index (χ3v) is 7.84. The Hall–Kier alpha value is -1.27. The van der Waals surface area contributed by atoms with Crippen LogP contribution in [-0.4, -0.2) is 35.7 Å².